The summed E-state index contributed by atoms with van der Waals surface area (Å²) < 4.78 is 49.6. The molecule has 0 bridgehead atoms. The highest BCUT2D eigenvalue weighted by molar-refractivity contribution is 5.80. The number of aromatic nitrogens is 3. The molecule has 2 aromatic heterocycles. The van der Waals surface area contributed by atoms with Crippen LogP contribution in [0.4, 0.5) is 18.0 Å². The van der Waals surface area contributed by atoms with Gasteiger partial charge in [-0.1, -0.05) is 0 Å². The lowest BCUT2D eigenvalue weighted by Crippen LogP contribution is -2.58. The van der Waals surface area contributed by atoms with E-state index in [1.165, 1.54) is 34.3 Å². The van der Waals surface area contributed by atoms with E-state index in [1.807, 2.05) is 18.7 Å². The standard InChI is InChI=1S/C28H28F3N7O3/c1-16-22(11-27(39)35-6-3-7-35)17(2)37(34-16)26-12-25(23(31)13-32-26)41-21-14-36(15-21)28(40)38-24(4-5-33-38)18-8-19(29)10-20(30)9-18/h5,8-10,12-13,21,24H,3-4,6-7,11,14-15H2,1-2H3/t24-/m0/s1. The van der Waals surface area contributed by atoms with Gasteiger partial charge < -0.3 is 14.5 Å². The quantitative estimate of drug-likeness (QED) is 0.453. The second-order valence-electron chi connectivity index (χ2n) is 10.5. The summed E-state index contributed by atoms with van der Waals surface area (Å²) in [4.78, 5) is 33.0. The number of hydrazone groups is 1. The summed E-state index contributed by atoms with van der Waals surface area (Å²) in [5, 5.41) is 9.83. The lowest BCUT2D eigenvalue weighted by molar-refractivity contribution is -0.133. The molecule has 0 aliphatic carbocycles. The number of hydrogen-bond donors (Lipinski definition) is 0. The maximum Gasteiger partial charge on any atom is 0.341 e. The van der Waals surface area contributed by atoms with Crippen LogP contribution in [0, 0.1) is 31.3 Å². The van der Waals surface area contributed by atoms with Gasteiger partial charge in [0, 0.05) is 49.1 Å². The van der Waals surface area contributed by atoms with Crippen LogP contribution in [-0.4, -0.2) is 80.0 Å². The topological polar surface area (TPSA) is 96.2 Å². The molecule has 41 heavy (non-hydrogen) atoms. The Balaban J connectivity index is 1.11. The molecule has 3 aliphatic rings. The minimum Gasteiger partial charge on any atom is -0.483 e. The summed E-state index contributed by atoms with van der Waals surface area (Å²) in [6.07, 6.45) is 3.68. The summed E-state index contributed by atoms with van der Waals surface area (Å²) in [7, 11) is 0. The third-order valence-corrected chi connectivity index (χ3v) is 7.71. The Morgan fingerprint density at radius 2 is 1.76 bits per heavy atom. The maximum atomic E-state index is 14.7. The van der Waals surface area contributed by atoms with Crippen molar-refractivity contribution in [3.05, 3.63) is 70.4 Å². The smallest absolute Gasteiger partial charge is 0.341 e. The van der Waals surface area contributed by atoms with Crippen molar-refractivity contribution >= 4 is 18.2 Å². The SMILES string of the molecule is Cc1nn(-c2cc(OC3CN(C(=O)N4N=CC[C@H]4c4cc(F)cc(F)c4)C3)c(F)cn2)c(C)c1CC(=O)N1CCC1. The fourth-order valence-corrected chi connectivity index (χ4v) is 5.23. The zero-order valence-electron chi connectivity index (χ0n) is 22.6. The van der Waals surface area contributed by atoms with Crippen LogP contribution in [0.15, 0.2) is 35.6 Å². The number of carbonyl (C=O) groups excluding carboxylic acids is 2. The zero-order valence-corrected chi connectivity index (χ0v) is 22.6. The number of urea groups is 1. The van der Waals surface area contributed by atoms with Gasteiger partial charge in [0.25, 0.3) is 0 Å². The van der Waals surface area contributed by atoms with E-state index in [9.17, 15) is 22.8 Å². The molecule has 3 amide bonds. The number of halogens is 3. The van der Waals surface area contributed by atoms with Crippen molar-refractivity contribution < 1.29 is 27.5 Å². The fraction of sp³-hybridized carbons (Fsp3) is 0.393. The van der Waals surface area contributed by atoms with Crippen molar-refractivity contribution in [2.75, 3.05) is 26.2 Å². The number of nitrogens with zero attached hydrogens (tertiary/aromatic N) is 7. The highest BCUT2D eigenvalue weighted by Crippen LogP contribution is 2.32. The van der Waals surface area contributed by atoms with Gasteiger partial charge >= 0.3 is 6.03 Å². The molecule has 1 aromatic carbocycles. The van der Waals surface area contributed by atoms with E-state index in [0.29, 0.717) is 23.5 Å². The first kappa shape index (κ1) is 26.8. The zero-order chi connectivity index (χ0) is 28.8. The van der Waals surface area contributed by atoms with Crippen LogP contribution >= 0.6 is 0 Å². The first-order valence-electron chi connectivity index (χ1n) is 13.4. The molecule has 0 saturated carbocycles. The number of carbonyl (C=O) groups is 2. The van der Waals surface area contributed by atoms with E-state index in [1.54, 1.807) is 4.68 Å². The second kappa shape index (κ2) is 10.5. The van der Waals surface area contributed by atoms with Crippen molar-refractivity contribution in [1.29, 1.82) is 0 Å². The number of benzene rings is 1. The minimum atomic E-state index is -0.729. The van der Waals surface area contributed by atoms with Crippen molar-refractivity contribution in [1.82, 2.24) is 29.6 Å². The molecule has 2 fully saturated rings. The molecule has 0 radical (unpaired) electrons. The molecule has 2 saturated heterocycles. The van der Waals surface area contributed by atoms with E-state index in [4.69, 9.17) is 4.74 Å². The Morgan fingerprint density at radius 3 is 2.44 bits per heavy atom. The number of amides is 3. The van der Waals surface area contributed by atoms with Crippen molar-refractivity contribution in [2.24, 2.45) is 5.10 Å². The van der Waals surface area contributed by atoms with Crippen LogP contribution < -0.4 is 4.74 Å². The highest BCUT2D eigenvalue weighted by atomic mass is 19.1. The number of hydrogen-bond acceptors (Lipinski definition) is 6. The molecule has 3 aliphatic heterocycles. The van der Waals surface area contributed by atoms with Crippen LogP contribution in [0.3, 0.4) is 0 Å². The van der Waals surface area contributed by atoms with Gasteiger partial charge in [0.15, 0.2) is 17.4 Å². The van der Waals surface area contributed by atoms with Gasteiger partial charge in [-0.05, 0) is 38.0 Å². The molecule has 13 heteroatoms. The summed E-state index contributed by atoms with van der Waals surface area (Å²) in [6, 6.07) is 3.52. The number of rotatable bonds is 6. The maximum absolute atomic E-state index is 14.7. The van der Waals surface area contributed by atoms with Crippen molar-refractivity contribution in [3.8, 4) is 11.6 Å². The Labute approximate surface area is 234 Å². The molecule has 5 heterocycles. The normalized spacial score (nSPS) is 18.5. The van der Waals surface area contributed by atoms with Gasteiger partial charge in [0.05, 0.1) is 37.4 Å². The molecule has 10 nitrogen and oxygen atoms in total. The van der Waals surface area contributed by atoms with E-state index in [-0.39, 0.29) is 31.2 Å². The Bertz CT molecular complexity index is 1530. The Morgan fingerprint density at radius 1 is 1.02 bits per heavy atom. The molecule has 0 N–H and O–H groups in total. The van der Waals surface area contributed by atoms with Crippen LogP contribution in [0.5, 0.6) is 5.75 Å². The van der Waals surface area contributed by atoms with Gasteiger partial charge in [-0.2, -0.15) is 10.2 Å². The molecule has 214 valence electrons. The van der Waals surface area contributed by atoms with Gasteiger partial charge in [-0.25, -0.2) is 32.6 Å². The second-order valence-corrected chi connectivity index (χ2v) is 10.5. The predicted molar refractivity (Wildman–Crippen MR) is 141 cm³/mol. The van der Waals surface area contributed by atoms with Crippen LogP contribution in [0.2, 0.25) is 0 Å². The lowest BCUT2D eigenvalue weighted by atomic mass is 10.0. The summed E-state index contributed by atoms with van der Waals surface area (Å²) in [5.74, 6) is -1.76. The summed E-state index contributed by atoms with van der Waals surface area (Å²) >= 11 is 0. The molecule has 3 aromatic rings. The monoisotopic (exact) mass is 567 g/mol. The molecular weight excluding hydrogens is 539 g/mol. The molecular formula is C28H28F3N7O3. The van der Waals surface area contributed by atoms with Gasteiger partial charge in [0.1, 0.15) is 17.7 Å². The average molecular weight is 568 g/mol. The Kier molecular flexibility index (Phi) is 6.88. The van der Waals surface area contributed by atoms with E-state index < -0.39 is 35.6 Å². The van der Waals surface area contributed by atoms with Crippen molar-refractivity contribution in [3.63, 3.8) is 0 Å². The average Bonchev–Trinajstić information content (AvgIpc) is 3.46. The van der Waals surface area contributed by atoms with E-state index in [2.05, 4.69) is 15.2 Å². The highest BCUT2D eigenvalue weighted by Gasteiger charge is 2.39. The van der Waals surface area contributed by atoms with Gasteiger partial charge in [-0.3, -0.25) is 4.79 Å². The number of ether oxygens (including phenoxy) is 1. The predicted octanol–water partition coefficient (Wildman–Crippen LogP) is 3.69. The largest absolute Gasteiger partial charge is 0.483 e. The Hall–Kier alpha value is -4.42. The molecule has 6 rings (SSSR count). The van der Waals surface area contributed by atoms with Crippen LogP contribution in [-0.2, 0) is 11.2 Å². The third-order valence-electron chi connectivity index (χ3n) is 7.71. The lowest BCUT2D eigenvalue weighted by Gasteiger charge is -2.41. The van der Waals surface area contributed by atoms with Crippen LogP contribution in [0.25, 0.3) is 5.82 Å². The first-order chi connectivity index (χ1) is 19.7. The number of aryl methyl sites for hydroxylation is 1. The number of likely N-dealkylation sites (tertiary alicyclic amines) is 2. The van der Waals surface area contributed by atoms with Gasteiger partial charge in [0.2, 0.25) is 5.91 Å². The summed E-state index contributed by atoms with van der Waals surface area (Å²) in [5.41, 5.74) is 2.56. The van der Waals surface area contributed by atoms with Crippen LogP contribution in [0.1, 0.15) is 41.4 Å². The first-order valence-corrected chi connectivity index (χ1v) is 13.4. The fourth-order valence-electron chi connectivity index (χ4n) is 5.23. The van der Waals surface area contributed by atoms with Crippen molar-refractivity contribution in [2.45, 2.75) is 45.3 Å². The minimum absolute atomic E-state index is 0.0369. The summed E-state index contributed by atoms with van der Waals surface area (Å²) in [6.45, 7) is 5.56. The van der Waals surface area contributed by atoms with E-state index in [0.717, 1.165) is 43.0 Å². The molecule has 0 unspecified atom stereocenters. The molecule has 0 spiro atoms. The molecule has 1 atom stereocenters. The number of pyridine rings is 1. The third kappa shape index (κ3) is 5.11. The van der Waals surface area contributed by atoms with Gasteiger partial charge in [-0.15, -0.1) is 0 Å². The van der Waals surface area contributed by atoms with E-state index >= 15 is 0 Å².